The van der Waals surface area contributed by atoms with Crippen molar-refractivity contribution in [3.63, 3.8) is 0 Å². The molecule has 2 heterocycles. The fraction of sp³-hybridized carbons (Fsp3) is 0.636. The fourth-order valence-corrected chi connectivity index (χ4v) is 2.89. The highest BCUT2D eigenvalue weighted by Gasteiger charge is 2.19. The molecule has 1 aliphatic heterocycles. The van der Waals surface area contributed by atoms with Crippen molar-refractivity contribution < 1.29 is 0 Å². The first-order valence-electron chi connectivity index (χ1n) is 5.69. The van der Waals surface area contributed by atoms with Gasteiger partial charge in [0.1, 0.15) is 16.5 Å². The van der Waals surface area contributed by atoms with Gasteiger partial charge in [0.05, 0.1) is 6.54 Å². The van der Waals surface area contributed by atoms with Gasteiger partial charge in [-0.25, -0.2) is 4.98 Å². The lowest BCUT2D eigenvalue weighted by Gasteiger charge is -2.32. The van der Waals surface area contributed by atoms with Crippen molar-refractivity contribution in [1.82, 2.24) is 9.88 Å². The number of rotatable bonds is 3. The standard InChI is InChI=1S/C11H18N4S/c1-8-4-2-3-5-15(8)6-10-14-9(7-16-10)11(12)13/h7-8H,2-6H2,1H3,(H3,12,13). The van der Waals surface area contributed by atoms with Gasteiger partial charge < -0.3 is 5.73 Å². The van der Waals surface area contributed by atoms with E-state index < -0.39 is 0 Å². The van der Waals surface area contributed by atoms with Gasteiger partial charge in [0.25, 0.3) is 0 Å². The van der Waals surface area contributed by atoms with Crippen LogP contribution in [-0.4, -0.2) is 28.3 Å². The van der Waals surface area contributed by atoms with Crippen molar-refractivity contribution in [2.75, 3.05) is 6.54 Å². The van der Waals surface area contributed by atoms with Crippen molar-refractivity contribution in [1.29, 1.82) is 5.41 Å². The minimum atomic E-state index is 0.0641. The van der Waals surface area contributed by atoms with Gasteiger partial charge >= 0.3 is 0 Å². The number of aromatic nitrogens is 1. The van der Waals surface area contributed by atoms with Crippen LogP contribution >= 0.6 is 11.3 Å². The van der Waals surface area contributed by atoms with Gasteiger partial charge in [-0.2, -0.15) is 0 Å². The number of hydrogen-bond acceptors (Lipinski definition) is 4. The molecule has 1 aliphatic rings. The van der Waals surface area contributed by atoms with Crippen molar-refractivity contribution in [3.05, 3.63) is 16.1 Å². The molecule has 0 radical (unpaired) electrons. The Kier molecular flexibility index (Phi) is 3.56. The molecule has 4 nitrogen and oxygen atoms in total. The Morgan fingerprint density at radius 2 is 2.50 bits per heavy atom. The van der Waals surface area contributed by atoms with Gasteiger partial charge in [-0.1, -0.05) is 6.42 Å². The summed E-state index contributed by atoms with van der Waals surface area (Å²) in [6.45, 7) is 4.34. The summed E-state index contributed by atoms with van der Waals surface area (Å²) in [5.74, 6) is 0.0641. The van der Waals surface area contributed by atoms with Gasteiger partial charge in [0.2, 0.25) is 0 Å². The molecule has 0 spiro atoms. The lowest BCUT2D eigenvalue weighted by molar-refractivity contribution is 0.152. The molecular formula is C11H18N4S. The average Bonchev–Trinajstić information content (AvgIpc) is 2.70. The molecule has 1 aromatic rings. The van der Waals surface area contributed by atoms with Crippen LogP contribution in [0.2, 0.25) is 0 Å². The van der Waals surface area contributed by atoms with Crippen LogP contribution in [0.25, 0.3) is 0 Å². The molecule has 0 bridgehead atoms. The number of nitrogens with two attached hydrogens (primary N) is 1. The maximum atomic E-state index is 7.32. The van der Waals surface area contributed by atoms with E-state index in [0.29, 0.717) is 11.7 Å². The van der Waals surface area contributed by atoms with E-state index in [1.807, 2.05) is 5.38 Å². The highest BCUT2D eigenvalue weighted by Crippen LogP contribution is 2.20. The summed E-state index contributed by atoms with van der Waals surface area (Å²) in [6, 6.07) is 0.651. The predicted octanol–water partition coefficient (Wildman–Crippen LogP) is 1.80. The van der Waals surface area contributed by atoms with Crippen LogP contribution in [0.5, 0.6) is 0 Å². The predicted molar refractivity (Wildman–Crippen MR) is 66.9 cm³/mol. The molecule has 0 saturated carbocycles. The molecule has 1 saturated heterocycles. The van der Waals surface area contributed by atoms with Crippen LogP contribution in [0.1, 0.15) is 36.9 Å². The number of amidine groups is 1. The molecule has 88 valence electrons. The molecule has 3 N–H and O–H groups in total. The molecule has 1 atom stereocenters. The van der Waals surface area contributed by atoms with Crippen molar-refractivity contribution in [2.45, 2.75) is 38.8 Å². The van der Waals surface area contributed by atoms with Crippen LogP contribution in [0.15, 0.2) is 5.38 Å². The van der Waals surface area contributed by atoms with E-state index >= 15 is 0 Å². The van der Waals surface area contributed by atoms with E-state index in [4.69, 9.17) is 11.1 Å². The third-order valence-electron chi connectivity index (χ3n) is 3.11. The number of piperidine rings is 1. The second-order valence-electron chi connectivity index (χ2n) is 4.36. The third kappa shape index (κ3) is 2.59. The molecule has 5 heteroatoms. The first-order valence-corrected chi connectivity index (χ1v) is 6.57. The minimum Gasteiger partial charge on any atom is -0.382 e. The van der Waals surface area contributed by atoms with Crippen LogP contribution in [0.4, 0.5) is 0 Å². The first kappa shape index (κ1) is 11.5. The Hall–Kier alpha value is -0.940. The van der Waals surface area contributed by atoms with Crippen LogP contribution in [0.3, 0.4) is 0 Å². The van der Waals surface area contributed by atoms with Crippen LogP contribution < -0.4 is 5.73 Å². The number of thiazole rings is 1. The summed E-state index contributed by atoms with van der Waals surface area (Å²) < 4.78 is 0. The zero-order valence-electron chi connectivity index (χ0n) is 9.57. The van der Waals surface area contributed by atoms with E-state index in [1.165, 1.54) is 19.3 Å². The summed E-state index contributed by atoms with van der Waals surface area (Å²) in [6.07, 6.45) is 3.91. The quantitative estimate of drug-likeness (QED) is 0.623. The largest absolute Gasteiger partial charge is 0.382 e. The van der Waals surface area contributed by atoms with Gasteiger partial charge in [-0.15, -0.1) is 11.3 Å². The third-order valence-corrected chi connectivity index (χ3v) is 3.94. The topological polar surface area (TPSA) is 66.0 Å². The van der Waals surface area contributed by atoms with Gasteiger partial charge in [0.15, 0.2) is 0 Å². The molecule has 1 unspecified atom stereocenters. The van der Waals surface area contributed by atoms with Crippen LogP contribution in [0, 0.1) is 5.41 Å². The Bertz CT molecular complexity index is 374. The van der Waals surface area contributed by atoms with E-state index in [9.17, 15) is 0 Å². The molecule has 16 heavy (non-hydrogen) atoms. The number of nitrogen functional groups attached to an aromatic ring is 1. The average molecular weight is 238 g/mol. The molecular weight excluding hydrogens is 220 g/mol. The van der Waals surface area contributed by atoms with Gasteiger partial charge in [0, 0.05) is 11.4 Å². The Balaban J connectivity index is 1.99. The molecule has 1 fully saturated rings. The molecule has 1 aromatic heterocycles. The monoisotopic (exact) mass is 238 g/mol. The SMILES string of the molecule is CC1CCCCN1Cc1nc(C(=N)N)cs1. The van der Waals surface area contributed by atoms with E-state index in [1.54, 1.807) is 11.3 Å². The zero-order chi connectivity index (χ0) is 11.5. The normalized spacial score (nSPS) is 22.2. The smallest absolute Gasteiger partial charge is 0.142 e. The Morgan fingerprint density at radius 3 is 3.12 bits per heavy atom. The van der Waals surface area contributed by atoms with Crippen molar-refractivity contribution in [3.8, 4) is 0 Å². The number of nitrogens with zero attached hydrogens (tertiary/aromatic N) is 2. The summed E-state index contributed by atoms with van der Waals surface area (Å²) in [4.78, 5) is 6.83. The van der Waals surface area contributed by atoms with E-state index in [2.05, 4.69) is 16.8 Å². The van der Waals surface area contributed by atoms with Crippen molar-refractivity contribution in [2.24, 2.45) is 5.73 Å². The van der Waals surface area contributed by atoms with Gasteiger partial charge in [-0.3, -0.25) is 10.3 Å². The lowest BCUT2D eigenvalue weighted by atomic mass is 10.0. The second kappa shape index (κ2) is 4.93. The maximum absolute atomic E-state index is 7.32. The zero-order valence-corrected chi connectivity index (χ0v) is 10.4. The molecule has 2 rings (SSSR count). The van der Waals surface area contributed by atoms with Gasteiger partial charge in [-0.05, 0) is 26.3 Å². The highest BCUT2D eigenvalue weighted by molar-refractivity contribution is 7.09. The Morgan fingerprint density at radius 1 is 1.69 bits per heavy atom. The fourth-order valence-electron chi connectivity index (χ4n) is 2.07. The molecule has 0 aromatic carbocycles. The molecule has 0 aliphatic carbocycles. The Labute approximate surface area is 100.0 Å². The first-order chi connectivity index (χ1) is 7.66. The summed E-state index contributed by atoms with van der Waals surface area (Å²) in [5.41, 5.74) is 6.02. The summed E-state index contributed by atoms with van der Waals surface area (Å²) >= 11 is 1.60. The number of nitrogens with one attached hydrogen (secondary N) is 1. The lowest BCUT2D eigenvalue weighted by Crippen LogP contribution is -2.36. The van der Waals surface area contributed by atoms with E-state index in [0.717, 1.165) is 18.1 Å². The summed E-state index contributed by atoms with van der Waals surface area (Å²) in [5, 5.41) is 10.3. The number of hydrogen-bond donors (Lipinski definition) is 2. The van der Waals surface area contributed by atoms with Crippen molar-refractivity contribution >= 4 is 17.2 Å². The summed E-state index contributed by atoms with van der Waals surface area (Å²) in [7, 11) is 0. The van der Waals surface area contributed by atoms with E-state index in [-0.39, 0.29) is 5.84 Å². The number of likely N-dealkylation sites (tertiary alicyclic amines) is 1. The second-order valence-corrected chi connectivity index (χ2v) is 5.30. The van der Waals surface area contributed by atoms with Crippen LogP contribution in [-0.2, 0) is 6.54 Å². The molecule has 0 amide bonds. The highest BCUT2D eigenvalue weighted by atomic mass is 32.1. The minimum absolute atomic E-state index is 0.0641. The maximum Gasteiger partial charge on any atom is 0.142 e.